The molecule has 1 aliphatic rings. The third-order valence-electron chi connectivity index (χ3n) is 3.01. The van der Waals surface area contributed by atoms with Crippen LogP contribution in [0.2, 0.25) is 0 Å². The molecular weight excluding hydrogens is 206 g/mol. The number of hydrogen-bond donors (Lipinski definition) is 0. The highest BCUT2D eigenvalue weighted by Crippen LogP contribution is 2.10. The van der Waals surface area contributed by atoms with E-state index >= 15 is 0 Å². The SMILES string of the molecule is CC(C(=O)N1CCN(C)CC1)n1cncn1. The van der Waals surface area contributed by atoms with Gasteiger partial charge in [0.2, 0.25) is 5.91 Å². The average molecular weight is 223 g/mol. The molecule has 1 aliphatic heterocycles. The Balaban J connectivity index is 1.97. The number of amides is 1. The fourth-order valence-electron chi connectivity index (χ4n) is 1.82. The van der Waals surface area contributed by atoms with Crippen molar-refractivity contribution in [1.82, 2.24) is 24.6 Å². The van der Waals surface area contributed by atoms with Crippen LogP contribution in [0.1, 0.15) is 13.0 Å². The summed E-state index contributed by atoms with van der Waals surface area (Å²) in [7, 11) is 2.07. The minimum absolute atomic E-state index is 0.124. The van der Waals surface area contributed by atoms with Crippen LogP contribution in [0.15, 0.2) is 12.7 Å². The standard InChI is InChI=1S/C10H17N5O/c1-9(15-8-11-7-12-15)10(16)14-5-3-13(2)4-6-14/h7-9H,3-6H2,1-2H3. The molecule has 2 rings (SSSR count). The van der Waals surface area contributed by atoms with E-state index in [1.54, 1.807) is 11.0 Å². The zero-order valence-corrected chi connectivity index (χ0v) is 9.70. The van der Waals surface area contributed by atoms with E-state index < -0.39 is 0 Å². The zero-order chi connectivity index (χ0) is 11.5. The molecule has 1 atom stereocenters. The Morgan fingerprint density at radius 3 is 2.56 bits per heavy atom. The van der Waals surface area contributed by atoms with E-state index in [1.807, 2.05) is 11.8 Å². The van der Waals surface area contributed by atoms with Crippen LogP contribution in [0.4, 0.5) is 0 Å². The third-order valence-corrected chi connectivity index (χ3v) is 3.01. The van der Waals surface area contributed by atoms with Gasteiger partial charge in [-0.3, -0.25) is 4.79 Å². The number of rotatable bonds is 2. The highest BCUT2D eigenvalue weighted by atomic mass is 16.2. The molecule has 88 valence electrons. The lowest BCUT2D eigenvalue weighted by Gasteiger charge is -2.33. The number of hydrogen-bond acceptors (Lipinski definition) is 4. The molecule has 0 N–H and O–H groups in total. The molecule has 0 spiro atoms. The molecule has 6 heteroatoms. The molecule has 1 amide bonds. The summed E-state index contributed by atoms with van der Waals surface area (Å²) >= 11 is 0. The van der Waals surface area contributed by atoms with E-state index in [1.165, 1.54) is 6.33 Å². The van der Waals surface area contributed by atoms with Crippen molar-refractivity contribution < 1.29 is 4.79 Å². The molecule has 0 bridgehead atoms. The Morgan fingerprint density at radius 2 is 2.00 bits per heavy atom. The minimum Gasteiger partial charge on any atom is -0.338 e. The van der Waals surface area contributed by atoms with Gasteiger partial charge in [0.25, 0.3) is 0 Å². The van der Waals surface area contributed by atoms with E-state index in [9.17, 15) is 4.79 Å². The van der Waals surface area contributed by atoms with Crippen molar-refractivity contribution >= 4 is 5.91 Å². The zero-order valence-electron chi connectivity index (χ0n) is 9.70. The largest absolute Gasteiger partial charge is 0.338 e. The molecule has 2 heterocycles. The van der Waals surface area contributed by atoms with E-state index in [0.717, 1.165) is 26.2 Å². The number of carbonyl (C=O) groups excluding carboxylic acids is 1. The van der Waals surface area contributed by atoms with Crippen molar-refractivity contribution in [2.45, 2.75) is 13.0 Å². The second kappa shape index (κ2) is 4.61. The van der Waals surface area contributed by atoms with Crippen LogP contribution in [-0.4, -0.2) is 63.7 Å². The maximum absolute atomic E-state index is 12.1. The highest BCUT2D eigenvalue weighted by Gasteiger charge is 2.24. The lowest BCUT2D eigenvalue weighted by molar-refractivity contribution is -0.136. The summed E-state index contributed by atoms with van der Waals surface area (Å²) in [5.74, 6) is 0.124. The average Bonchev–Trinajstić information content (AvgIpc) is 2.81. The van der Waals surface area contributed by atoms with E-state index in [4.69, 9.17) is 0 Å². The van der Waals surface area contributed by atoms with Crippen LogP contribution in [0.3, 0.4) is 0 Å². The first-order valence-electron chi connectivity index (χ1n) is 5.50. The summed E-state index contributed by atoms with van der Waals surface area (Å²) in [4.78, 5) is 20.1. The first kappa shape index (κ1) is 11.1. The predicted octanol–water partition coefficient (Wildman–Crippen LogP) is -0.387. The molecule has 1 unspecified atom stereocenters. The van der Waals surface area contributed by atoms with Crippen LogP contribution < -0.4 is 0 Å². The van der Waals surface area contributed by atoms with Crippen molar-refractivity contribution in [1.29, 1.82) is 0 Å². The quantitative estimate of drug-likeness (QED) is 0.685. The lowest BCUT2D eigenvalue weighted by Crippen LogP contribution is -2.49. The Hall–Kier alpha value is -1.43. The molecule has 0 aromatic carbocycles. The van der Waals surface area contributed by atoms with Gasteiger partial charge < -0.3 is 9.80 Å². The number of likely N-dealkylation sites (N-methyl/N-ethyl adjacent to an activating group) is 1. The third kappa shape index (κ3) is 2.21. The van der Waals surface area contributed by atoms with Crippen LogP contribution in [0, 0.1) is 0 Å². The van der Waals surface area contributed by atoms with Gasteiger partial charge in [-0.1, -0.05) is 0 Å². The summed E-state index contributed by atoms with van der Waals surface area (Å²) in [6.45, 7) is 5.34. The second-order valence-electron chi connectivity index (χ2n) is 4.18. The van der Waals surface area contributed by atoms with E-state index in [2.05, 4.69) is 22.0 Å². The fraction of sp³-hybridized carbons (Fsp3) is 0.700. The van der Waals surface area contributed by atoms with Crippen LogP contribution in [-0.2, 0) is 4.79 Å². The Labute approximate surface area is 94.9 Å². The van der Waals surface area contributed by atoms with Crippen molar-refractivity contribution in [2.75, 3.05) is 33.2 Å². The summed E-state index contributed by atoms with van der Waals surface area (Å²) in [5.41, 5.74) is 0. The van der Waals surface area contributed by atoms with Crippen molar-refractivity contribution in [3.63, 3.8) is 0 Å². The molecular formula is C10H17N5O. The molecule has 1 fully saturated rings. The smallest absolute Gasteiger partial charge is 0.247 e. The lowest BCUT2D eigenvalue weighted by atomic mass is 10.2. The fourth-order valence-corrected chi connectivity index (χ4v) is 1.82. The number of aromatic nitrogens is 3. The van der Waals surface area contributed by atoms with Crippen molar-refractivity contribution in [3.05, 3.63) is 12.7 Å². The maximum Gasteiger partial charge on any atom is 0.247 e. The van der Waals surface area contributed by atoms with E-state index in [0.29, 0.717) is 0 Å². The van der Waals surface area contributed by atoms with Gasteiger partial charge in [0.15, 0.2) is 0 Å². The van der Waals surface area contributed by atoms with Crippen molar-refractivity contribution in [3.8, 4) is 0 Å². The number of piperazine rings is 1. The first-order valence-corrected chi connectivity index (χ1v) is 5.50. The summed E-state index contributed by atoms with van der Waals surface area (Å²) in [6, 6.07) is -0.258. The van der Waals surface area contributed by atoms with Gasteiger partial charge in [-0.25, -0.2) is 9.67 Å². The first-order chi connectivity index (χ1) is 7.68. The maximum atomic E-state index is 12.1. The van der Waals surface area contributed by atoms with Gasteiger partial charge in [0, 0.05) is 26.2 Å². The summed E-state index contributed by atoms with van der Waals surface area (Å²) < 4.78 is 1.60. The molecule has 1 aromatic rings. The van der Waals surface area contributed by atoms with Gasteiger partial charge in [-0.15, -0.1) is 0 Å². The Morgan fingerprint density at radius 1 is 1.31 bits per heavy atom. The second-order valence-corrected chi connectivity index (χ2v) is 4.18. The van der Waals surface area contributed by atoms with Gasteiger partial charge in [0.1, 0.15) is 18.7 Å². The molecule has 0 aliphatic carbocycles. The molecule has 0 saturated carbocycles. The van der Waals surface area contributed by atoms with Gasteiger partial charge in [0.05, 0.1) is 0 Å². The number of nitrogens with zero attached hydrogens (tertiary/aromatic N) is 5. The minimum atomic E-state index is -0.258. The van der Waals surface area contributed by atoms with Crippen LogP contribution in [0.5, 0.6) is 0 Å². The van der Waals surface area contributed by atoms with E-state index in [-0.39, 0.29) is 11.9 Å². The monoisotopic (exact) mass is 223 g/mol. The van der Waals surface area contributed by atoms with Gasteiger partial charge in [-0.05, 0) is 14.0 Å². The Bertz CT molecular complexity index is 342. The molecule has 16 heavy (non-hydrogen) atoms. The Kier molecular flexibility index (Phi) is 3.19. The summed E-state index contributed by atoms with van der Waals surface area (Å²) in [5, 5.41) is 3.99. The molecule has 0 radical (unpaired) electrons. The highest BCUT2D eigenvalue weighted by molar-refractivity contribution is 5.80. The van der Waals surface area contributed by atoms with Crippen LogP contribution in [0.25, 0.3) is 0 Å². The predicted molar refractivity (Wildman–Crippen MR) is 58.8 cm³/mol. The molecule has 6 nitrogen and oxygen atoms in total. The summed E-state index contributed by atoms with van der Waals surface area (Å²) in [6.07, 6.45) is 3.03. The molecule has 1 aromatic heterocycles. The van der Waals surface area contributed by atoms with Crippen LogP contribution >= 0.6 is 0 Å². The van der Waals surface area contributed by atoms with Crippen molar-refractivity contribution in [2.24, 2.45) is 0 Å². The topological polar surface area (TPSA) is 54.3 Å². The number of carbonyl (C=O) groups is 1. The molecule has 1 saturated heterocycles. The normalized spacial score (nSPS) is 19.8. The van der Waals surface area contributed by atoms with Gasteiger partial charge >= 0.3 is 0 Å². The van der Waals surface area contributed by atoms with Gasteiger partial charge in [-0.2, -0.15) is 5.10 Å².